The largest absolute Gasteiger partial charge is 0.440 e. The van der Waals surface area contributed by atoms with E-state index in [-0.39, 0.29) is 11.4 Å². The quantitative estimate of drug-likeness (QED) is 0.555. The highest BCUT2D eigenvalue weighted by Gasteiger charge is 2.34. The Morgan fingerprint density at radius 3 is 2.85 bits per heavy atom. The van der Waals surface area contributed by atoms with E-state index in [4.69, 9.17) is 9.15 Å². The first-order valence-electron chi connectivity index (χ1n) is 9.04. The Morgan fingerprint density at radius 1 is 1.19 bits per heavy atom. The molecular formula is C20H18FN3O3. The number of hydrogen-bond donors (Lipinski definition) is 1. The fraction of sp³-hybridized carbons (Fsp3) is 0.300. The van der Waals surface area contributed by atoms with Crippen LogP contribution >= 0.6 is 0 Å². The second kappa shape index (κ2) is 6.35. The van der Waals surface area contributed by atoms with Crippen LogP contribution in [0.2, 0.25) is 0 Å². The summed E-state index contributed by atoms with van der Waals surface area (Å²) in [6.45, 7) is 3.72. The number of hydrogen-bond acceptors (Lipinski definition) is 6. The Labute approximate surface area is 154 Å². The standard InChI is InChI=1S/C20H18FN3O3/c21-15-2-1-3-16-18(15)23-19(26-16)14-10-12-4-5-13(11-17(12)27-20(14)25)24-8-6-22-7-9-24/h1-5,11,14,22H,6-10H2. The summed E-state index contributed by atoms with van der Waals surface area (Å²) in [5, 5.41) is 3.32. The van der Waals surface area contributed by atoms with Crippen molar-refractivity contribution in [3.8, 4) is 5.75 Å². The number of nitrogens with one attached hydrogen (secondary N) is 1. The Bertz CT molecular complexity index is 1030. The number of aromatic nitrogens is 1. The van der Waals surface area contributed by atoms with Gasteiger partial charge in [0.15, 0.2) is 11.4 Å². The second-order valence-electron chi connectivity index (χ2n) is 6.85. The number of benzene rings is 2. The van der Waals surface area contributed by atoms with Crippen molar-refractivity contribution in [2.24, 2.45) is 0 Å². The molecule has 3 heterocycles. The SMILES string of the molecule is O=C1Oc2cc(N3CCNCC3)ccc2CC1c1nc2c(F)cccc2o1. The molecule has 2 aliphatic rings. The highest BCUT2D eigenvalue weighted by molar-refractivity contribution is 5.83. The van der Waals surface area contributed by atoms with Crippen LogP contribution in [0, 0.1) is 5.82 Å². The molecule has 1 unspecified atom stereocenters. The zero-order valence-corrected chi connectivity index (χ0v) is 14.6. The van der Waals surface area contributed by atoms with Crippen LogP contribution < -0.4 is 15.0 Å². The van der Waals surface area contributed by atoms with Gasteiger partial charge in [-0.25, -0.2) is 9.37 Å². The van der Waals surface area contributed by atoms with Crippen molar-refractivity contribution < 1.29 is 18.3 Å². The lowest BCUT2D eigenvalue weighted by Gasteiger charge is -2.30. The van der Waals surface area contributed by atoms with E-state index in [1.54, 1.807) is 12.1 Å². The average molecular weight is 367 g/mol. The van der Waals surface area contributed by atoms with Crippen LogP contribution in [-0.2, 0) is 11.2 Å². The number of oxazole rings is 1. The summed E-state index contributed by atoms with van der Waals surface area (Å²) in [6, 6.07) is 10.5. The molecule has 2 aromatic carbocycles. The number of fused-ring (bicyclic) bond motifs is 2. The second-order valence-corrected chi connectivity index (χ2v) is 6.85. The number of piperazine rings is 1. The van der Waals surface area contributed by atoms with E-state index in [2.05, 4.69) is 15.2 Å². The predicted molar refractivity (Wildman–Crippen MR) is 97.6 cm³/mol. The summed E-state index contributed by atoms with van der Waals surface area (Å²) in [6.07, 6.45) is 0.421. The van der Waals surface area contributed by atoms with Crippen molar-refractivity contribution in [3.05, 3.63) is 53.7 Å². The van der Waals surface area contributed by atoms with E-state index in [0.717, 1.165) is 37.4 Å². The van der Waals surface area contributed by atoms with Gasteiger partial charge in [-0.1, -0.05) is 12.1 Å². The van der Waals surface area contributed by atoms with E-state index < -0.39 is 17.7 Å². The molecule has 0 spiro atoms. The molecule has 2 aliphatic heterocycles. The van der Waals surface area contributed by atoms with E-state index in [1.165, 1.54) is 6.07 Å². The van der Waals surface area contributed by atoms with Gasteiger partial charge >= 0.3 is 5.97 Å². The van der Waals surface area contributed by atoms with Gasteiger partial charge in [-0.3, -0.25) is 4.79 Å². The molecule has 0 aliphatic carbocycles. The summed E-state index contributed by atoms with van der Waals surface area (Å²) in [4.78, 5) is 19.0. The van der Waals surface area contributed by atoms with Crippen molar-refractivity contribution in [2.75, 3.05) is 31.1 Å². The maximum atomic E-state index is 13.9. The summed E-state index contributed by atoms with van der Waals surface area (Å²) < 4.78 is 25.1. The van der Waals surface area contributed by atoms with Crippen LogP contribution in [0.5, 0.6) is 5.75 Å². The van der Waals surface area contributed by atoms with E-state index >= 15 is 0 Å². The number of rotatable bonds is 2. The minimum atomic E-state index is -0.672. The maximum Gasteiger partial charge on any atom is 0.324 e. The Balaban J connectivity index is 1.45. The predicted octanol–water partition coefficient (Wildman–Crippen LogP) is 2.62. The first kappa shape index (κ1) is 16.3. The van der Waals surface area contributed by atoms with Crippen molar-refractivity contribution >= 4 is 22.8 Å². The Kier molecular flexibility index (Phi) is 3.82. The Morgan fingerprint density at radius 2 is 2.04 bits per heavy atom. The molecule has 1 fully saturated rings. The first-order valence-corrected chi connectivity index (χ1v) is 9.04. The first-order chi connectivity index (χ1) is 13.2. The lowest BCUT2D eigenvalue weighted by atomic mass is 9.95. The van der Waals surface area contributed by atoms with Gasteiger partial charge in [-0.05, 0) is 30.2 Å². The fourth-order valence-corrected chi connectivity index (χ4v) is 3.68. The van der Waals surface area contributed by atoms with Crippen molar-refractivity contribution in [2.45, 2.75) is 12.3 Å². The zero-order chi connectivity index (χ0) is 18.4. The van der Waals surface area contributed by atoms with E-state index in [9.17, 15) is 9.18 Å². The van der Waals surface area contributed by atoms with Gasteiger partial charge < -0.3 is 19.4 Å². The van der Waals surface area contributed by atoms with Crippen LogP contribution in [0.1, 0.15) is 17.4 Å². The monoisotopic (exact) mass is 367 g/mol. The molecule has 27 heavy (non-hydrogen) atoms. The van der Waals surface area contributed by atoms with Crippen molar-refractivity contribution in [1.29, 1.82) is 0 Å². The number of para-hydroxylation sites is 1. The smallest absolute Gasteiger partial charge is 0.324 e. The molecule has 0 amide bonds. The summed E-state index contributed by atoms with van der Waals surface area (Å²) >= 11 is 0. The lowest BCUT2D eigenvalue weighted by Crippen LogP contribution is -2.43. The highest BCUT2D eigenvalue weighted by Crippen LogP contribution is 2.36. The number of anilines is 1. The minimum Gasteiger partial charge on any atom is -0.440 e. The number of carbonyl (C=O) groups excluding carboxylic acids is 1. The maximum absolute atomic E-state index is 13.9. The van der Waals surface area contributed by atoms with Gasteiger partial charge in [-0.15, -0.1) is 0 Å². The van der Waals surface area contributed by atoms with Crippen LogP contribution in [0.3, 0.4) is 0 Å². The highest BCUT2D eigenvalue weighted by atomic mass is 19.1. The van der Waals surface area contributed by atoms with Crippen LogP contribution in [0.15, 0.2) is 40.8 Å². The van der Waals surface area contributed by atoms with Crippen LogP contribution in [0.4, 0.5) is 10.1 Å². The van der Waals surface area contributed by atoms with Gasteiger partial charge in [0, 0.05) is 37.9 Å². The third kappa shape index (κ3) is 2.84. The number of ether oxygens (including phenoxy) is 1. The van der Waals surface area contributed by atoms with Gasteiger partial charge in [0.25, 0.3) is 0 Å². The fourth-order valence-electron chi connectivity index (χ4n) is 3.68. The molecule has 0 saturated carbocycles. The van der Waals surface area contributed by atoms with Gasteiger partial charge in [0.05, 0.1) is 0 Å². The van der Waals surface area contributed by atoms with Crippen molar-refractivity contribution in [3.63, 3.8) is 0 Å². The number of esters is 1. The van der Waals surface area contributed by atoms with Gasteiger partial charge in [-0.2, -0.15) is 0 Å². The molecule has 0 radical (unpaired) electrons. The van der Waals surface area contributed by atoms with E-state index in [1.807, 2.05) is 18.2 Å². The summed E-state index contributed by atoms with van der Waals surface area (Å²) in [5.41, 5.74) is 2.43. The molecule has 6 nitrogen and oxygen atoms in total. The molecule has 138 valence electrons. The van der Waals surface area contributed by atoms with Gasteiger partial charge in [0.2, 0.25) is 5.89 Å². The minimum absolute atomic E-state index is 0.139. The molecule has 3 aromatic rings. The van der Waals surface area contributed by atoms with E-state index in [0.29, 0.717) is 17.8 Å². The van der Waals surface area contributed by atoms with Gasteiger partial charge in [0.1, 0.15) is 17.2 Å². The summed E-state index contributed by atoms with van der Waals surface area (Å²) in [5.74, 6) is -0.791. The van der Waals surface area contributed by atoms with Crippen molar-refractivity contribution in [1.82, 2.24) is 10.3 Å². The molecule has 1 aromatic heterocycles. The van der Waals surface area contributed by atoms with Crippen LogP contribution in [-0.4, -0.2) is 37.1 Å². The molecule has 1 atom stereocenters. The third-order valence-corrected chi connectivity index (χ3v) is 5.14. The third-order valence-electron chi connectivity index (χ3n) is 5.14. The number of halogens is 1. The molecule has 0 bridgehead atoms. The molecule has 1 saturated heterocycles. The molecular weight excluding hydrogens is 349 g/mol. The van der Waals surface area contributed by atoms with Crippen LogP contribution in [0.25, 0.3) is 11.1 Å². The number of nitrogens with zero attached hydrogens (tertiary/aromatic N) is 2. The summed E-state index contributed by atoms with van der Waals surface area (Å²) in [7, 11) is 0. The molecule has 1 N–H and O–H groups in total. The normalized spacial score (nSPS) is 19.8. The topological polar surface area (TPSA) is 67.6 Å². The Hall–Kier alpha value is -2.93. The zero-order valence-electron chi connectivity index (χ0n) is 14.6. The number of carbonyl (C=O) groups is 1. The lowest BCUT2D eigenvalue weighted by molar-refractivity contribution is -0.137. The molecule has 7 heteroatoms. The molecule has 5 rings (SSSR count). The average Bonchev–Trinajstić information content (AvgIpc) is 3.13.